The molecule has 13 heavy (non-hydrogen) atoms. The molecule has 0 atom stereocenters. The maximum absolute atomic E-state index is 5.73. The molecule has 1 saturated heterocycles. The molecular weight excluding hydrogens is 164 g/mol. The van der Waals surface area contributed by atoms with Gasteiger partial charge in [0.15, 0.2) is 0 Å². The molecule has 0 bridgehead atoms. The van der Waals surface area contributed by atoms with Crippen LogP contribution in [0, 0.1) is 11.8 Å². The van der Waals surface area contributed by atoms with Crippen LogP contribution in [-0.4, -0.2) is 43.3 Å². The van der Waals surface area contributed by atoms with Gasteiger partial charge in [0, 0.05) is 13.1 Å². The Morgan fingerprint density at radius 2 is 2.00 bits per heavy atom. The van der Waals surface area contributed by atoms with Crippen LogP contribution in [-0.2, 0) is 4.74 Å². The molecule has 74 valence electrons. The lowest BCUT2D eigenvalue weighted by Crippen LogP contribution is -2.37. The Morgan fingerprint density at radius 3 is 2.54 bits per heavy atom. The van der Waals surface area contributed by atoms with Crippen LogP contribution in [0.5, 0.6) is 0 Å². The number of hydrogen-bond acceptors (Lipinski definition) is 3. The molecule has 0 saturated carbocycles. The highest BCUT2D eigenvalue weighted by Gasteiger charge is 2.08. The summed E-state index contributed by atoms with van der Waals surface area (Å²) < 4.78 is 5.23. The predicted octanol–water partition coefficient (Wildman–Crippen LogP) is 0.0593. The first-order valence-corrected chi connectivity index (χ1v) is 4.67. The van der Waals surface area contributed by atoms with E-state index in [0.29, 0.717) is 0 Å². The fourth-order valence-electron chi connectivity index (χ4n) is 1.14. The monoisotopic (exact) mass is 182 g/mol. The molecular formula is C10H18N2O. The second-order valence-electron chi connectivity index (χ2n) is 3.91. The van der Waals surface area contributed by atoms with Crippen molar-refractivity contribution in [3.8, 4) is 11.8 Å². The Bertz CT molecular complexity index is 203. The van der Waals surface area contributed by atoms with Crippen molar-refractivity contribution in [3.63, 3.8) is 0 Å². The third kappa shape index (κ3) is 4.89. The van der Waals surface area contributed by atoms with E-state index in [1.807, 2.05) is 13.8 Å². The average molecular weight is 182 g/mol. The molecule has 0 aromatic rings. The highest BCUT2D eigenvalue weighted by Crippen LogP contribution is 1.96. The van der Waals surface area contributed by atoms with Crippen molar-refractivity contribution in [1.82, 2.24) is 4.90 Å². The van der Waals surface area contributed by atoms with Crippen LogP contribution >= 0.6 is 0 Å². The molecule has 0 amide bonds. The van der Waals surface area contributed by atoms with Crippen LogP contribution < -0.4 is 5.73 Å². The number of rotatable bonds is 1. The third-order valence-electron chi connectivity index (χ3n) is 1.82. The van der Waals surface area contributed by atoms with Crippen LogP contribution in [0.2, 0.25) is 0 Å². The Kier molecular flexibility index (Phi) is 3.73. The lowest BCUT2D eigenvalue weighted by atomic mass is 10.1. The number of morpholine rings is 1. The van der Waals surface area contributed by atoms with E-state index in [0.717, 1.165) is 32.8 Å². The summed E-state index contributed by atoms with van der Waals surface area (Å²) in [4.78, 5) is 2.28. The van der Waals surface area contributed by atoms with Crippen molar-refractivity contribution in [2.45, 2.75) is 19.4 Å². The highest BCUT2D eigenvalue weighted by atomic mass is 16.5. The molecule has 1 rings (SSSR count). The molecule has 1 heterocycles. The normalized spacial score (nSPS) is 19.3. The van der Waals surface area contributed by atoms with Gasteiger partial charge in [0.05, 0.1) is 25.3 Å². The topological polar surface area (TPSA) is 38.5 Å². The fraction of sp³-hybridized carbons (Fsp3) is 0.800. The van der Waals surface area contributed by atoms with E-state index in [-0.39, 0.29) is 5.54 Å². The Labute approximate surface area is 80.2 Å². The van der Waals surface area contributed by atoms with Gasteiger partial charge in [0.25, 0.3) is 0 Å². The summed E-state index contributed by atoms with van der Waals surface area (Å²) in [5.74, 6) is 6.10. The van der Waals surface area contributed by atoms with Crippen molar-refractivity contribution >= 4 is 0 Å². The van der Waals surface area contributed by atoms with Gasteiger partial charge in [-0.3, -0.25) is 4.90 Å². The van der Waals surface area contributed by atoms with E-state index in [9.17, 15) is 0 Å². The summed E-state index contributed by atoms with van der Waals surface area (Å²) in [7, 11) is 0. The van der Waals surface area contributed by atoms with Crippen LogP contribution in [0.3, 0.4) is 0 Å². The van der Waals surface area contributed by atoms with Crippen molar-refractivity contribution in [2.75, 3.05) is 32.8 Å². The van der Waals surface area contributed by atoms with Gasteiger partial charge >= 0.3 is 0 Å². The molecule has 0 aliphatic carbocycles. The van der Waals surface area contributed by atoms with Crippen molar-refractivity contribution < 1.29 is 4.74 Å². The predicted molar refractivity (Wildman–Crippen MR) is 53.3 cm³/mol. The van der Waals surface area contributed by atoms with Gasteiger partial charge in [-0.05, 0) is 13.8 Å². The number of nitrogens with zero attached hydrogens (tertiary/aromatic N) is 1. The molecule has 3 nitrogen and oxygen atoms in total. The second kappa shape index (κ2) is 4.61. The zero-order valence-electron chi connectivity index (χ0n) is 8.47. The molecule has 0 radical (unpaired) electrons. The summed E-state index contributed by atoms with van der Waals surface area (Å²) in [5.41, 5.74) is 5.37. The van der Waals surface area contributed by atoms with E-state index in [4.69, 9.17) is 10.5 Å². The summed E-state index contributed by atoms with van der Waals surface area (Å²) in [6, 6.07) is 0. The maximum Gasteiger partial charge on any atom is 0.0719 e. The van der Waals surface area contributed by atoms with Gasteiger partial charge in [0.2, 0.25) is 0 Å². The number of ether oxygens (including phenoxy) is 1. The molecule has 1 aliphatic rings. The molecule has 1 fully saturated rings. The third-order valence-corrected chi connectivity index (χ3v) is 1.82. The van der Waals surface area contributed by atoms with E-state index >= 15 is 0 Å². The minimum absolute atomic E-state index is 0.369. The van der Waals surface area contributed by atoms with Gasteiger partial charge < -0.3 is 10.5 Å². The number of nitrogens with two attached hydrogens (primary N) is 1. The van der Waals surface area contributed by atoms with Crippen LogP contribution in [0.15, 0.2) is 0 Å². The minimum Gasteiger partial charge on any atom is -0.379 e. The SMILES string of the molecule is CC(C)(N)C#CCN1CCOCC1. The molecule has 0 aromatic carbocycles. The molecule has 3 heteroatoms. The lowest BCUT2D eigenvalue weighted by Gasteiger charge is -2.24. The zero-order valence-corrected chi connectivity index (χ0v) is 8.47. The quantitative estimate of drug-likeness (QED) is 0.583. The molecule has 0 unspecified atom stereocenters. The van der Waals surface area contributed by atoms with E-state index < -0.39 is 0 Å². The largest absolute Gasteiger partial charge is 0.379 e. The van der Waals surface area contributed by atoms with Crippen LogP contribution in [0.1, 0.15) is 13.8 Å². The summed E-state index contributed by atoms with van der Waals surface area (Å²) >= 11 is 0. The highest BCUT2D eigenvalue weighted by molar-refractivity contribution is 5.13. The first-order valence-electron chi connectivity index (χ1n) is 4.67. The zero-order chi connectivity index (χ0) is 9.73. The fourth-order valence-corrected chi connectivity index (χ4v) is 1.14. The standard InChI is InChI=1S/C10H18N2O/c1-10(2,11)4-3-5-12-6-8-13-9-7-12/h5-9,11H2,1-2H3. The van der Waals surface area contributed by atoms with Crippen molar-refractivity contribution in [3.05, 3.63) is 0 Å². The van der Waals surface area contributed by atoms with Gasteiger partial charge in [-0.1, -0.05) is 11.8 Å². The van der Waals surface area contributed by atoms with Crippen molar-refractivity contribution in [1.29, 1.82) is 0 Å². The average Bonchev–Trinajstić information content (AvgIpc) is 2.04. The Morgan fingerprint density at radius 1 is 1.38 bits per heavy atom. The molecule has 0 spiro atoms. The minimum atomic E-state index is -0.369. The Balaban J connectivity index is 2.27. The van der Waals surface area contributed by atoms with Gasteiger partial charge in [-0.2, -0.15) is 0 Å². The first kappa shape index (κ1) is 10.5. The van der Waals surface area contributed by atoms with Gasteiger partial charge in [0.1, 0.15) is 0 Å². The maximum atomic E-state index is 5.73. The molecule has 2 N–H and O–H groups in total. The van der Waals surface area contributed by atoms with Gasteiger partial charge in [-0.15, -0.1) is 0 Å². The van der Waals surface area contributed by atoms with E-state index in [1.54, 1.807) is 0 Å². The molecule has 1 aliphatic heterocycles. The molecule has 0 aromatic heterocycles. The van der Waals surface area contributed by atoms with Crippen LogP contribution in [0.4, 0.5) is 0 Å². The summed E-state index contributed by atoms with van der Waals surface area (Å²) in [5, 5.41) is 0. The van der Waals surface area contributed by atoms with Crippen LogP contribution in [0.25, 0.3) is 0 Å². The number of hydrogen-bond donors (Lipinski definition) is 1. The second-order valence-corrected chi connectivity index (χ2v) is 3.91. The summed E-state index contributed by atoms with van der Waals surface area (Å²) in [6.07, 6.45) is 0. The summed E-state index contributed by atoms with van der Waals surface area (Å²) in [6.45, 7) is 8.27. The van der Waals surface area contributed by atoms with Gasteiger partial charge in [-0.25, -0.2) is 0 Å². The first-order chi connectivity index (χ1) is 6.08. The van der Waals surface area contributed by atoms with E-state index in [2.05, 4.69) is 16.7 Å². The Hall–Kier alpha value is -0.560. The van der Waals surface area contributed by atoms with Crippen molar-refractivity contribution in [2.24, 2.45) is 5.73 Å². The lowest BCUT2D eigenvalue weighted by molar-refractivity contribution is 0.0443. The van der Waals surface area contributed by atoms with E-state index in [1.165, 1.54) is 0 Å². The smallest absolute Gasteiger partial charge is 0.0719 e.